The van der Waals surface area contributed by atoms with Crippen LogP contribution in [0.4, 0.5) is 0 Å². The van der Waals surface area contributed by atoms with E-state index in [0.29, 0.717) is 19.8 Å². The molecule has 0 spiro atoms. The molecule has 0 aliphatic rings. The van der Waals surface area contributed by atoms with Gasteiger partial charge in [0, 0.05) is 7.11 Å². The summed E-state index contributed by atoms with van der Waals surface area (Å²) in [6.45, 7) is 6.96. The van der Waals surface area contributed by atoms with E-state index in [4.69, 9.17) is 18.5 Å². The van der Waals surface area contributed by atoms with Crippen LogP contribution in [0.25, 0.3) is 0 Å². The zero-order chi connectivity index (χ0) is 14.6. The Morgan fingerprint density at radius 1 is 1.21 bits per heavy atom. The first-order valence-corrected chi connectivity index (χ1v) is 8.11. The molecule has 112 valence electrons. The fraction of sp³-hybridized carbons (Fsp3) is 0.692. The normalized spacial score (nSPS) is 13.4. The molecule has 0 unspecified atom stereocenters. The maximum atomic E-state index is 12.2. The summed E-state index contributed by atoms with van der Waals surface area (Å²) in [6.07, 6.45) is 5.84. The molecule has 0 bridgehead atoms. The van der Waals surface area contributed by atoms with Crippen LogP contribution in [-0.4, -0.2) is 39.9 Å². The molecule has 0 saturated heterocycles. The van der Waals surface area contributed by atoms with Crippen molar-refractivity contribution in [3.63, 3.8) is 0 Å². The Bertz CT molecular complexity index is 315. The SMILES string of the molecule is CC=C(/C=C/CP(=O)(OCC)OCC)COCOC. The lowest BCUT2D eigenvalue weighted by molar-refractivity contribution is -0.0204. The Morgan fingerprint density at radius 2 is 1.84 bits per heavy atom. The van der Waals surface area contributed by atoms with Crippen LogP contribution < -0.4 is 0 Å². The molecule has 0 amide bonds. The minimum atomic E-state index is -3.00. The first-order valence-electron chi connectivity index (χ1n) is 6.38. The molecule has 0 rings (SSSR count). The van der Waals surface area contributed by atoms with Crippen LogP contribution in [0.1, 0.15) is 20.8 Å². The monoisotopic (exact) mass is 292 g/mol. The van der Waals surface area contributed by atoms with Crippen LogP contribution in [0, 0.1) is 0 Å². The van der Waals surface area contributed by atoms with Crippen molar-refractivity contribution in [2.24, 2.45) is 0 Å². The van der Waals surface area contributed by atoms with E-state index in [2.05, 4.69) is 0 Å². The summed E-state index contributed by atoms with van der Waals surface area (Å²) in [7, 11) is -1.42. The average molecular weight is 292 g/mol. The van der Waals surface area contributed by atoms with Crippen LogP contribution in [0.15, 0.2) is 23.8 Å². The lowest BCUT2D eigenvalue weighted by Crippen LogP contribution is -2.01. The summed E-state index contributed by atoms with van der Waals surface area (Å²) in [6, 6.07) is 0. The first-order chi connectivity index (χ1) is 9.11. The Morgan fingerprint density at radius 3 is 2.32 bits per heavy atom. The summed E-state index contributed by atoms with van der Waals surface area (Å²) in [5.41, 5.74) is 0.983. The van der Waals surface area contributed by atoms with Crippen molar-refractivity contribution in [2.45, 2.75) is 20.8 Å². The van der Waals surface area contributed by atoms with Crippen LogP contribution in [0.3, 0.4) is 0 Å². The van der Waals surface area contributed by atoms with Gasteiger partial charge in [-0.3, -0.25) is 4.57 Å². The first kappa shape index (κ1) is 18.6. The van der Waals surface area contributed by atoms with Crippen molar-refractivity contribution < 1.29 is 23.1 Å². The molecule has 0 aliphatic heterocycles. The minimum Gasteiger partial charge on any atom is -0.359 e. The summed E-state index contributed by atoms with van der Waals surface area (Å²) >= 11 is 0. The molecule has 0 saturated carbocycles. The van der Waals surface area contributed by atoms with E-state index in [1.165, 1.54) is 0 Å². The standard InChI is InChI=1S/C13H25O5P/c1-5-13(11-16-12-15-4)9-8-10-19(14,17-6-2)18-7-3/h5,8-9H,6-7,10-12H2,1-4H3/b9-8+,13-5?. The van der Waals surface area contributed by atoms with Gasteiger partial charge in [0.25, 0.3) is 0 Å². The lowest BCUT2D eigenvalue weighted by Gasteiger charge is -2.14. The topological polar surface area (TPSA) is 54.0 Å². The largest absolute Gasteiger partial charge is 0.359 e. The molecule has 6 heteroatoms. The van der Waals surface area contributed by atoms with Crippen molar-refractivity contribution in [3.8, 4) is 0 Å². The molecular formula is C13H25O5P. The number of rotatable bonds is 11. The number of hydrogen-bond donors (Lipinski definition) is 0. The van der Waals surface area contributed by atoms with Gasteiger partial charge in [0.15, 0.2) is 0 Å². The van der Waals surface area contributed by atoms with E-state index >= 15 is 0 Å². The number of hydrogen-bond acceptors (Lipinski definition) is 5. The smallest absolute Gasteiger partial charge is 0.334 e. The third-order valence-corrected chi connectivity index (χ3v) is 4.11. The van der Waals surface area contributed by atoms with Crippen LogP contribution in [0.5, 0.6) is 0 Å². The summed E-state index contributed by atoms with van der Waals surface area (Å²) in [5, 5.41) is 0. The van der Waals surface area contributed by atoms with E-state index in [0.717, 1.165) is 5.57 Å². The van der Waals surface area contributed by atoms with Gasteiger partial charge in [-0.15, -0.1) is 0 Å². The van der Waals surface area contributed by atoms with Crippen molar-refractivity contribution >= 4 is 7.60 Å². The van der Waals surface area contributed by atoms with Gasteiger partial charge in [0.1, 0.15) is 6.79 Å². The predicted octanol–water partition coefficient (Wildman–Crippen LogP) is 3.38. The van der Waals surface area contributed by atoms with Crippen molar-refractivity contribution in [2.75, 3.05) is 39.9 Å². The fourth-order valence-corrected chi connectivity index (χ4v) is 2.78. The predicted molar refractivity (Wildman–Crippen MR) is 76.5 cm³/mol. The van der Waals surface area contributed by atoms with Crippen molar-refractivity contribution in [3.05, 3.63) is 23.8 Å². The fourth-order valence-electron chi connectivity index (χ4n) is 1.34. The second kappa shape index (κ2) is 11.4. The van der Waals surface area contributed by atoms with Gasteiger partial charge in [-0.2, -0.15) is 0 Å². The van der Waals surface area contributed by atoms with Gasteiger partial charge in [-0.25, -0.2) is 0 Å². The summed E-state index contributed by atoms with van der Waals surface area (Å²) < 4.78 is 32.6. The number of allylic oxidation sites excluding steroid dienone is 2. The third kappa shape index (κ3) is 9.14. The highest BCUT2D eigenvalue weighted by molar-refractivity contribution is 7.54. The molecule has 0 aromatic carbocycles. The lowest BCUT2D eigenvalue weighted by atomic mass is 10.2. The van der Waals surface area contributed by atoms with E-state index in [1.54, 1.807) is 27.0 Å². The van der Waals surface area contributed by atoms with Crippen LogP contribution in [-0.2, 0) is 23.1 Å². The Kier molecular flexibility index (Phi) is 11.1. The summed E-state index contributed by atoms with van der Waals surface area (Å²) in [4.78, 5) is 0. The molecule has 0 aromatic rings. The third-order valence-electron chi connectivity index (χ3n) is 2.15. The maximum Gasteiger partial charge on any atom is 0.334 e. The van der Waals surface area contributed by atoms with Gasteiger partial charge < -0.3 is 18.5 Å². The average Bonchev–Trinajstić information content (AvgIpc) is 2.37. The molecular weight excluding hydrogens is 267 g/mol. The van der Waals surface area contributed by atoms with E-state index in [9.17, 15) is 4.57 Å². The Labute approximate surface area is 116 Å². The zero-order valence-electron chi connectivity index (χ0n) is 12.3. The molecule has 0 N–H and O–H groups in total. The van der Waals surface area contributed by atoms with E-state index < -0.39 is 7.60 Å². The quantitative estimate of drug-likeness (QED) is 0.253. The van der Waals surface area contributed by atoms with Crippen LogP contribution >= 0.6 is 7.60 Å². The zero-order valence-corrected chi connectivity index (χ0v) is 13.2. The van der Waals surface area contributed by atoms with Crippen LogP contribution in [0.2, 0.25) is 0 Å². The molecule has 0 aromatic heterocycles. The van der Waals surface area contributed by atoms with Crippen molar-refractivity contribution in [1.29, 1.82) is 0 Å². The highest BCUT2D eigenvalue weighted by atomic mass is 31.2. The highest BCUT2D eigenvalue weighted by Crippen LogP contribution is 2.47. The minimum absolute atomic E-state index is 0.252. The molecule has 0 fully saturated rings. The van der Waals surface area contributed by atoms with Crippen molar-refractivity contribution in [1.82, 2.24) is 0 Å². The van der Waals surface area contributed by atoms with Gasteiger partial charge in [0.2, 0.25) is 0 Å². The Balaban J connectivity index is 4.31. The number of ether oxygens (including phenoxy) is 2. The molecule has 0 aliphatic carbocycles. The molecule has 0 atom stereocenters. The highest BCUT2D eigenvalue weighted by Gasteiger charge is 2.20. The Hall–Kier alpha value is -0.450. The second-order valence-electron chi connectivity index (χ2n) is 3.65. The van der Waals surface area contributed by atoms with Gasteiger partial charge in [0.05, 0.1) is 26.0 Å². The maximum absolute atomic E-state index is 12.2. The number of methoxy groups -OCH3 is 1. The molecule has 19 heavy (non-hydrogen) atoms. The second-order valence-corrected chi connectivity index (χ2v) is 5.75. The molecule has 5 nitrogen and oxygen atoms in total. The van der Waals surface area contributed by atoms with Gasteiger partial charge in [-0.05, 0) is 26.3 Å². The van der Waals surface area contributed by atoms with E-state index in [-0.39, 0.29) is 13.0 Å². The van der Waals surface area contributed by atoms with Gasteiger partial charge in [-0.1, -0.05) is 18.2 Å². The molecule has 0 radical (unpaired) electrons. The summed E-state index contributed by atoms with van der Waals surface area (Å²) in [5.74, 6) is 0. The van der Waals surface area contributed by atoms with E-state index in [1.807, 2.05) is 19.1 Å². The molecule has 0 heterocycles. The van der Waals surface area contributed by atoms with Gasteiger partial charge >= 0.3 is 7.60 Å².